The van der Waals surface area contributed by atoms with Crippen molar-refractivity contribution in [2.45, 2.75) is 59.2 Å². The van der Waals surface area contributed by atoms with Gasteiger partial charge in [0.2, 0.25) is 0 Å². The van der Waals surface area contributed by atoms with E-state index in [0.717, 1.165) is 21.9 Å². The smallest absolute Gasteiger partial charge is 0.255 e. The third-order valence-corrected chi connectivity index (χ3v) is 21.1. The number of pyridine rings is 1. The number of nitrogens with zero attached hydrogens (tertiary/aromatic N) is 4. The molecule has 15 aromatic rings. The van der Waals surface area contributed by atoms with E-state index in [1.807, 2.05) is 88.6 Å². The van der Waals surface area contributed by atoms with E-state index in [1.165, 1.54) is 36.5 Å². The predicted molar refractivity (Wildman–Crippen MR) is 390 cm³/mol. The van der Waals surface area contributed by atoms with Gasteiger partial charge in [-0.3, -0.25) is 4.57 Å². The Morgan fingerprint density at radius 1 is 0.441 bits per heavy atom. The highest BCUT2D eigenvalue weighted by Gasteiger charge is 2.43. The highest BCUT2D eigenvalue weighted by Crippen LogP contribution is 2.48. The minimum absolute atomic E-state index is 0.000512. The molecule has 16 rings (SSSR count). The van der Waals surface area contributed by atoms with Crippen LogP contribution in [0.2, 0.25) is 0 Å². The molecule has 448 valence electrons. The molecular formula is C87H71N4OSi+. The second-order valence-corrected chi connectivity index (χ2v) is 28.3. The number of aryl methyl sites for hydroxylation is 1. The van der Waals surface area contributed by atoms with E-state index in [-0.39, 0.29) is 61.7 Å². The van der Waals surface area contributed by atoms with Crippen molar-refractivity contribution in [3.05, 3.63) is 320 Å². The molecule has 5 nitrogen and oxygen atoms in total. The Bertz CT molecular complexity index is 6910. The molecule has 0 fully saturated rings. The molecule has 0 bridgehead atoms. The number of aromatic nitrogens is 4. The van der Waals surface area contributed by atoms with E-state index in [4.69, 9.17) is 17.1 Å². The predicted octanol–water partition coefficient (Wildman–Crippen LogP) is 19.1. The zero-order valence-corrected chi connectivity index (χ0v) is 52.0. The van der Waals surface area contributed by atoms with Gasteiger partial charge in [0.1, 0.15) is 28.7 Å². The molecule has 1 aliphatic heterocycles. The summed E-state index contributed by atoms with van der Waals surface area (Å²) in [6, 6.07) is 7.43. The molecule has 4 heterocycles. The van der Waals surface area contributed by atoms with Gasteiger partial charge >= 0.3 is 0 Å². The highest BCUT2D eigenvalue weighted by molar-refractivity contribution is 7.20. The van der Waals surface area contributed by atoms with Crippen LogP contribution in [-0.4, -0.2) is 22.2 Å². The summed E-state index contributed by atoms with van der Waals surface area (Å²) < 4.78 is 301. The maximum absolute atomic E-state index is 11.7. The zero-order chi connectivity index (χ0) is 89.2. The second kappa shape index (κ2) is 22.5. The number of ether oxygens (including phenoxy) is 1. The molecule has 0 unspecified atom stereocenters. The summed E-state index contributed by atoms with van der Waals surface area (Å²) >= 11 is 0. The quantitative estimate of drug-likeness (QED) is 0.0777. The number of benzene rings is 12. The van der Waals surface area contributed by atoms with Crippen molar-refractivity contribution in [3.8, 4) is 84.3 Å². The van der Waals surface area contributed by atoms with Crippen molar-refractivity contribution < 1.29 is 50.4 Å². The first-order valence-electron chi connectivity index (χ1n) is 44.9. The molecule has 0 radical (unpaired) electrons. The first-order valence-corrected chi connectivity index (χ1v) is 31.9. The average Bonchev–Trinajstić information content (AvgIpc) is 1.44. The topological polar surface area (TPSA) is 35.9 Å². The van der Waals surface area contributed by atoms with Gasteiger partial charge in [-0.05, 0) is 149 Å². The van der Waals surface area contributed by atoms with Crippen molar-refractivity contribution in [2.75, 3.05) is 0 Å². The zero-order valence-electron chi connectivity index (χ0n) is 81.0. The van der Waals surface area contributed by atoms with Crippen LogP contribution in [0.1, 0.15) is 99.4 Å². The van der Waals surface area contributed by atoms with Gasteiger partial charge in [0, 0.05) is 49.9 Å². The normalized spacial score (nSPS) is 16.9. The molecular weight excluding hydrogens is 1150 g/mol. The maximum atomic E-state index is 11.7. The lowest BCUT2D eigenvalue weighted by Crippen LogP contribution is -2.74. The molecule has 0 aliphatic carbocycles. The first-order chi connectivity index (χ1) is 57.7. The van der Waals surface area contributed by atoms with Gasteiger partial charge < -0.3 is 4.74 Å². The van der Waals surface area contributed by atoms with E-state index in [2.05, 4.69) is 11.1 Å². The van der Waals surface area contributed by atoms with Crippen LogP contribution in [0.3, 0.4) is 0 Å². The van der Waals surface area contributed by atoms with Gasteiger partial charge in [0.25, 0.3) is 6.33 Å². The largest absolute Gasteiger partial charge is 0.457 e. The number of imidazole rings is 1. The first kappa shape index (κ1) is 33.4. The van der Waals surface area contributed by atoms with Crippen LogP contribution in [0.5, 0.6) is 11.5 Å². The number of hydrogen-bond acceptors (Lipinski definition) is 2. The van der Waals surface area contributed by atoms with Gasteiger partial charge in [-0.25, -0.2) is 4.98 Å². The fraction of sp³-hybridized carbons (Fsp3) is 0.103. The van der Waals surface area contributed by atoms with E-state index in [1.54, 1.807) is 64.0 Å². The third kappa shape index (κ3) is 9.83. The molecule has 3 aromatic heterocycles. The summed E-state index contributed by atoms with van der Waals surface area (Å²) in [4.78, 5) is 4.64. The van der Waals surface area contributed by atoms with Crippen LogP contribution in [0.15, 0.2) is 303 Å². The van der Waals surface area contributed by atoms with Crippen LogP contribution in [0.25, 0.3) is 106 Å². The number of hydrogen-bond donors (Lipinski definition) is 0. The summed E-state index contributed by atoms with van der Waals surface area (Å²) in [7, 11) is -6.61. The second-order valence-electron chi connectivity index (χ2n) is 24.8. The summed E-state index contributed by atoms with van der Waals surface area (Å²) in [6.07, 6.45) is 3.00. The summed E-state index contributed by atoms with van der Waals surface area (Å²) in [5.41, 5.74) is -0.706. The van der Waals surface area contributed by atoms with E-state index in [9.17, 15) is 28.8 Å². The fourth-order valence-electron chi connectivity index (χ4n) is 12.7. The SMILES string of the molecule is [2H]c1c([2H])c([2H])c(-c2cc3c4c(c2)n(-c2cccc(Oc5ccc6c7ccccc7n(-c7cc(C([2H])([2H])[2H])ccn7)c6c5)c2)c[n+]4-c2c(-c4cc(C(C)(C)C)cc(C(C)(C)C)c4)cccc2-c2c([2H])c([Si](c4c([2H])c([2H])c([2H])c([2H])c4[2H])(c4c([2H])c([2H])c([2H])c([2H])c4[2H])c4c([2H])c([2H])c([2H])c([2H])c4[2H])c([2H])c([2H])c2-c2c([2H])c([2H])c([2H])c([2H])c2-3)c([2H])c1[2H]. The van der Waals surface area contributed by atoms with Gasteiger partial charge in [-0.1, -0.05) is 265 Å². The highest BCUT2D eigenvalue weighted by atomic mass is 28.3. The molecule has 0 atom stereocenters. The van der Waals surface area contributed by atoms with Crippen LogP contribution in [-0.2, 0) is 10.8 Å². The molecule has 0 amide bonds. The van der Waals surface area contributed by atoms with Crippen LogP contribution >= 0.6 is 0 Å². The number of para-hydroxylation sites is 2. The minimum Gasteiger partial charge on any atom is -0.457 e. The van der Waals surface area contributed by atoms with E-state index < -0.39 is 237 Å². The molecule has 12 aromatic carbocycles. The van der Waals surface area contributed by atoms with Crippen molar-refractivity contribution in [1.82, 2.24) is 14.1 Å². The number of rotatable bonds is 10. The molecule has 6 heteroatoms. The Hall–Kier alpha value is -10.9. The number of fused-ring (bicyclic) bond motifs is 10. The molecule has 0 saturated heterocycles. The summed E-state index contributed by atoms with van der Waals surface area (Å²) in [5.74, 6) is 0.762. The molecule has 0 spiro atoms. The van der Waals surface area contributed by atoms with Crippen LogP contribution < -0.4 is 30.1 Å². The van der Waals surface area contributed by atoms with E-state index >= 15 is 0 Å². The minimum atomic E-state index is -6.61. The molecule has 93 heavy (non-hydrogen) atoms. The van der Waals surface area contributed by atoms with Gasteiger partial charge in [0.05, 0.1) is 48.0 Å². The van der Waals surface area contributed by atoms with Gasteiger partial charge in [-0.15, -0.1) is 0 Å². The van der Waals surface area contributed by atoms with Gasteiger partial charge in [-0.2, -0.15) is 9.13 Å². The monoisotopic (exact) mass is 1250 g/mol. The van der Waals surface area contributed by atoms with Crippen molar-refractivity contribution in [3.63, 3.8) is 0 Å². The lowest BCUT2D eigenvalue weighted by atomic mass is 9.78. The Labute approximate surface area is 588 Å². The molecule has 0 saturated carbocycles. The maximum Gasteiger partial charge on any atom is 0.255 e. The van der Waals surface area contributed by atoms with Crippen molar-refractivity contribution in [1.29, 1.82) is 0 Å². The lowest BCUT2D eigenvalue weighted by Gasteiger charge is -2.35. The Morgan fingerprint density at radius 2 is 1.04 bits per heavy atom. The van der Waals surface area contributed by atoms with E-state index in [0.29, 0.717) is 22.4 Å². The van der Waals surface area contributed by atoms with Crippen LogP contribution in [0.4, 0.5) is 0 Å². The van der Waals surface area contributed by atoms with Gasteiger partial charge in [0.15, 0.2) is 19.1 Å². The summed E-state index contributed by atoms with van der Waals surface area (Å²) in [6.45, 7) is 9.52. The Morgan fingerprint density at radius 3 is 1.72 bits per heavy atom. The lowest BCUT2D eigenvalue weighted by molar-refractivity contribution is -0.566. The Balaban J connectivity index is 1.13. The molecule has 0 N–H and O–H groups in total. The average molecular weight is 1250 g/mol. The standard InChI is InChI=1S/C87H71N4OSi/c1-58-46-47-88-83(48-58)91-80-41-23-22-38-75(80)76-44-42-66(55-81(76)91)92-65-29-24-28-64(54-65)89-57-90-84-71(61-49-62(86(2,3)4)53-63(50-61)87(5,6)7)39-25-40-77(84)78-56-70(93(67-30-14-9-15-31-67,68-32-16-10-17-33-68)69-34-18-11-19-35-69)43-45-74(78)72-36-20-21-37-73(72)79-51-60(52-82(89)85(79)90)59-26-12-8-13-27-59/h8-57H,1-7H3/q+1/i1D3,8D,9D,10D,11D,12D,13D,14D,15D,16D,17D,18D,19D,20D,21D,26D,27D,30D,31D,32D,33D,34D,35D,36D,37D,43D,45D,56D. The fourth-order valence-corrected chi connectivity index (χ4v) is 16.2. The van der Waals surface area contributed by atoms with Crippen molar-refractivity contribution >= 4 is 61.7 Å². The van der Waals surface area contributed by atoms with Crippen LogP contribution in [0, 0.1) is 6.85 Å². The Kier molecular flexibility index (Phi) is 8.08. The van der Waals surface area contributed by atoms with Crippen molar-refractivity contribution in [2.24, 2.45) is 0 Å². The summed E-state index contributed by atoms with van der Waals surface area (Å²) in [5, 5.41) is -2.76. The third-order valence-electron chi connectivity index (χ3n) is 17.1. The molecule has 1 aliphatic rings.